The monoisotopic (exact) mass is 340 g/mol. The number of nitrogens with zero attached hydrogens (tertiary/aromatic N) is 2. The van der Waals surface area contributed by atoms with Gasteiger partial charge in [0.25, 0.3) is 0 Å². The standard InChI is InChI=1S/C18H17FN4O2/c1-11-3-8-14(9-15(11)23(2)18(20)24)25-16-10-21-22-17(16)12-4-6-13(19)7-5-12/h3-10H,1-2H3,(H2,20,24)(H,21,22). The summed E-state index contributed by atoms with van der Waals surface area (Å²) in [5, 5.41) is 6.84. The molecular weight excluding hydrogens is 323 g/mol. The molecule has 128 valence electrons. The van der Waals surface area contributed by atoms with Crippen molar-refractivity contribution in [2.24, 2.45) is 5.73 Å². The molecule has 3 aromatic rings. The van der Waals surface area contributed by atoms with Gasteiger partial charge in [0.1, 0.15) is 17.3 Å². The Bertz CT molecular complexity index is 906. The number of carbonyl (C=O) groups excluding carboxylic acids is 1. The van der Waals surface area contributed by atoms with Gasteiger partial charge in [0, 0.05) is 18.7 Å². The Labute approximate surface area is 144 Å². The lowest BCUT2D eigenvalue weighted by Crippen LogP contribution is -2.32. The average Bonchev–Trinajstić information content (AvgIpc) is 3.04. The van der Waals surface area contributed by atoms with Crippen LogP contribution in [0.25, 0.3) is 11.3 Å². The molecule has 0 spiro atoms. The summed E-state index contributed by atoms with van der Waals surface area (Å²) in [7, 11) is 1.59. The van der Waals surface area contributed by atoms with Crippen LogP contribution in [0.15, 0.2) is 48.7 Å². The van der Waals surface area contributed by atoms with Crippen molar-refractivity contribution in [1.29, 1.82) is 0 Å². The van der Waals surface area contributed by atoms with Gasteiger partial charge in [0.05, 0.1) is 11.9 Å². The SMILES string of the molecule is Cc1ccc(Oc2cn[nH]c2-c2ccc(F)cc2)cc1N(C)C(N)=O. The number of benzene rings is 2. The normalized spacial score (nSPS) is 10.5. The van der Waals surface area contributed by atoms with Gasteiger partial charge < -0.3 is 10.5 Å². The van der Waals surface area contributed by atoms with E-state index in [1.807, 2.05) is 13.0 Å². The van der Waals surface area contributed by atoms with Crippen LogP contribution in [0.5, 0.6) is 11.5 Å². The second kappa shape index (κ2) is 6.64. The van der Waals surface area contributed by atoms with E-state index in [1.165, 1.54) is 23.2 Å². The predicted molar refractivity (Wildman–Crippen MR) is 93.2 cm³/mol. The van der Waals surface area contributed by atoms with E-state index in [-0.39, 0.29) is 5.82 Å². The molecule has 0 radical (unpaired) electrons. The molecule has 2 amide bonds. The fourth-order valence-electron chi connectivity index (χ4n) is 2.44. The second-order valence-corrected chi connectivity index (χ2v) is 5.56. The van der Waals surface area contributed by atoms with Crippen molar-refractivity contribution in [3.05, 3.63) is 60.0 Å². The van der Waals surface area contributed by atoms with Crippen LogP contribution in [-0.4, -0.2) is 23.3 Å². The van der Waals surface area contributed by atoms with Crippen molar-refractivity contribution in [2.75, 3.05) is 11.9 Å². The summed E-state index contributed by atoms with van der Waals surface area (Å²) in [6.45, 7) is 1.88. The number of hydrogen-bond donors (Lipinski definition) is 2. The summed E-state index contributed by atoms with van der Waals surface area (Å²) in [6.07, 6.45) is 1.54. The van der Waals surface area contributed by atoms with Crippen molar-refractivity contribution >= 4 is 11.7 Å². The van der Waals surface area contributed by atoms with Gasteiger partial charge in [-0.05, 0) is 42.8 Å². The minimum Gasteiger partial charge on any atom is -0.453 e. The van der Waals surface area contributed by atoms with Crippen molar-refractivity contribution in [1.82, 2.24) is 10.2 Å². The number of halogens is 1. The highest BCUT2D eigenvalue weighted by Gasteiger charge is 2.14. The van der Waals surface area contributed by atoms with E-state index in [1.54, 1.807) is 31.3 Å². The Kier molecular flexibility index (Phi) is 4.38. The number of primary amides is 1. The third-order valence-electron chi connectivity index (χ3n) is 3.84. The number of anilines is 1. The molecule has 0 atom stereocenters. The molecule has 3 rings (SSSR count). The van der Waals surface area contributed by atoms with Crippen molar-refractivity contribution in [3.8, 4) is 22.8 Å². The lowest BCUT2D eigenvalue weighted by Gasteiger charge is -2.18. The highest BCUT2D eigenvalue weighted by molar-refractivity contribution is 5.91. The van der Waals surface area contributed by atoms with Crippen LogP contribution in [-0.2, 0) is 0 Å². The lowest BCUT2D eigenvalue weighted by molar-refractivity contribution is 0.255. The number of amides is 2. The largest absolute Gasteiger partial charge is 0.453 e. The van der Waals surface area contributed by atoms with E-state index in [0.29, 0.717) is 22.9 Å². The predicted octanol–water partition coefficient (Wildman–Crippen LogP) is 3.83. The molecule has 1 heterocycles. The Morgan fingerprint density at radius 1 is 1.24 bits per heavy atom. The first-order valence-electron chi connectivity index (χ1n) is 7.56. The highest BCUT2D eigenvalue weighted by Crippen LogP contribution is 2.33. The molecule has 25 heavy (non-hydrogen) atoms. The molecular formula is C18H17FN4O2. The molecule has 7 heteroatoms. The number of aromatic amines is 1. The maximum Gasteiger partial charge on any atom is 0.319 e. The molecule has 0 aliphatic carbocycles. The van der Waals surface area contributed by atoms with Crippen molar-refractivity contribution in [2.45, 2.75) is 6.92 Å². The smallest absolute Gasteiger partial charge is 0.319 e. The zero-order valence-electron chi connectivity index (χ0n) is 13.8. The summed E-state index contributed by atoms with van der Waals surface area (Å²) in [5.74, 6) is 0.699. The van der Waals surface area contributed by atoms with Crippen LogP contribution >= 0.6 is 0 Å². The molecule has 0 saturated carbocycles. The first-order valence-corrected chi connectivity index (χ1v) is 7.56. The first-order chi connectivity index (χ1) is 12.0. The van der Waals surface area contributed by atoms with Gasteiger partial charge in [-0.15, -0.1) is 0 Å². The van der Waals surface area contributed by atoms with Crippen LogP contribution in [0.2, 0.25) is 0 Å². The first kappa shape index (κ1) is 16.5. The summed E-state index contributed by atoms with van der Waals surface area (Å²) in [5.41, 5.74) is 8.25. The van der Waals surface area contributed by atoms with Crippen LogP contribution in [0.4, 0.5) is 14.9 Å². The number of H-pyrrole nitrogens is 1. The number of aromatic nitrogens is 2. The van der Waals surface area contributed by atoms with Crippen LogP contribution in [0.3, 0.4) is 0 Å². The minimum atomic E-state index is -0.560. The third-order valence-corrected chi connectivity index (χ3v) is 3.84. The summed E-state index contributed by atoms with van der Waals surface area (Å²) < 4.78 is 19.0. The topological polar surface area (TPSA) is 84.2 Å². The molecule has 0 unspecified atom stereocenters. The number of nitrogens with two attached hydrogens (primary N) is 1. The van der Waals surface area contributed by atoms with E-state index < -0.39 is 6.03 Å². The number of rotatable bonds is 4. The molecule has 0 saturated heterocycles. The van der Waals surface area contributed by atoms with E-state index in [9.17, 15) is 9.18 Å². The maximum atomic E-state index is 13.1. The number of carbonyl (C=O) groups is 1. The number of urea groups is 1. The number of nitrogens with one attached hydrogen (secondary N) is 1. The van der Waals surface area contributed by atoms with Gasteiger partial charge in [0.2, 0.25) is 0 Å². The minimum absolute atomic E-state index is 0.316. The number of hydrogen-bond acceptors (Lipinski definition) is 3. The van der Waals surface area contributed by atoms with Gasteiger partial charge in [-0.1, -0.05) is 6.07 Å². The third kappa shape index (κ3) is 3.45. The Hall–Kier alpha value is -3.35. The molecule has 0 aliphatic heterocycles. The summed E-state index contributed by atoms with van der Waals surface area (Å²) in [4.78, 5) is 12.8. The molecule has 3 N–H and O–H groups in total. The second-order valence-electron chi connectivity index (χ2n) is 5.56. The Morgan fingerprint density at radius 3 is 2.64 bits per heavy atom. The Morgan fingerprint density at radius 2 is 1.96 bits per heavy atom. The molecule has 1 aromatic heterocycles. The van der Waals surface area contributed by atoms with Gasteiger partial charge in [-0.3, -0.25) is 10.00 Å². The quantitative estimate of drug-likeness (QED) is 0.757. The Balaban J connectivity index is 1.91. The number of ether oxygens (including phenoxy) is 1. The average molecular weight is 340 g/mol. The molecule has 2 aromatic carbocycles. The van der Waals surface area contributed by atoms with Crippen LogP contribution < -0.4 is 15.4 Å². The fourth-order valence-corrected chi connectivity index (χ4v) is 2.44. The van der Waals surface area contributed by atoms with Gasteiger partial charge in [-0.25, -0.2) is 9.18 Å². The number of aryl methyl sites for hydroxylation is 1. The highest BCUT2D eigenvalue weighted by atomic mass is 19.1. The zero-order chi connectivity index (χ0) is 18.0. The molecule has 0 aliphatic rings. The van der Waals surface area contributed by atoms with Crippen LogP contribution in [0.1, 0.15) is 5.56 Å². The van der Waals surface area contributed by atoms with Crippen LogP contribution in [0, 0.1) is 12.7 Å². The fraction of sp³-hybridized carbons (Fsp3) is 0.111. The van der Waals surface area contributed by atoms with E-state index in [0.717, 1.165) is 11.1 Å². The van der Waals surface area contributed by atoms with Crippen molar-refractivity contribution < 1.29 is 13.9 Å². The van der Waals surface area contributed by atoms with Gasteiger partial charge in [-0.2, -0.15) is 5.10 Å². The lowest BCUT2D eigenvalue weighted by atomic mass is 10.1. The molecule has 0 fully saturated rings. The van der Waals surface area contributed by atoms with Crippen molar-refractivity contribution in [3.63, 3.8) is 0 Å². The van der Waals surface area contributed by atoms with Gasteiger partial charge in [0.15, 0.2) is 5.75 Å². The summed E-state index contributed by atoms with van der Waals surface area (Å²) >= 11 is 0. The molecule has 6 nitrogen and oxygen atoms in total. The maximum absolute atomic E-state index is 13.1. The summed E-state index contributed by atoms with van der Waals surface area (Å²) in [6, 6.07) is 10.8. The molecule has 0 bridgehead atoms. The van der Waals surface area contributed by atoms with E-state index in [4.69, 9.17) is 10.5 Å². The van der Waals surface area contributed by atoms with E-state index in [2.05, 4.69) is 10.2 Å². The zero-order valence-corrected chi connectivity index (χ0v) is 13.8. The van der Waals surface area contributed by atoms with E-state index >= 15 is 0 Å². The van der Waals surface area contributed by atoms with Gasteiger partial charge >= 0.3 is 6.03 Å².